The first-order chi connectivity index (χ1) is 15.7. The van der Waals surface area contributed by atoms with Crippen LogP contribution in [0.4, 0.5) is 0 Å². The normalized spacial score (nSPS) is 15.1. The van der Waals surface area contributed by atoms with Gasteiger partial charge in [-0.15, -0.1) is 0 Å². The van der Waals surface area contributed by atoms with Gasteiger partial charge in [-0.3, -0.25) is 14.7 Å². The van der Waals surface area contributed by atoms with Crippen LogP contribution in [0.2, 0.25) is 0 Å². The molecule has 5 heteroatoms. The van der Waals surface area contributed by atoms with Gasteiger partial charge in [0, 0.05) is 30.6 Å². The fraction of sp³-hybridized carbons (Fsp3) is 0.259. The van der Waals surface area contributed by atoms with Gasteiger partial charge in [0.25, 0.3) is 0 Å². The molecule has 3 heterocycles. The Morgan fingerprint density at radius 3 is 2.50 bits per heavy atom. The van der Waals surface area contributed by atoms with E-state index in [1.54, 1.807) is 12.1 Å². The third kappa shape index (κ3) is 4.73. The van der Waals surface area contributed by atoms with Gasteiger partial charge in [0.05, 0.1) is 12.0 Å². The summed E-state index contributed by atoms with van der Waals surface area (Å²) in [5.41, 5.74) is 2.75. The molecule has 0 amide bonds. The number of likely N-dealkylation sites (tertiary alicyclic amines) is 1. The molecule has 32 heavy (non-hydrogen) atoms. The van der Waals surface area contributed by atoms with E-state index in [4.69, 9.17) is 9.15 Å². The van der Waals surface area contributed by atoms with Gasteiger partial charge in [-0.1, -0.05) is 12.1 Å². The molecule has 0 radical (unpaired) electrons. The van der Waals surface area contributed by atoms with Crippen molar-refractivity contribution >= 4 is 11.0 Å². The molecular formula is C27H26N2O3. The fourth-order valence-corrected chi connectivity index (χ4v) is 4.23. The average molecular weight is 427 g/mol. The Morgan fingerprint density at radius 2 is 1.72 bits per heavy atom. The number of ether oxygens (including phenoxy) is 1. The summed E-state index contributed by atoms with van der Waals surface area (Å²) in [5, 5.41) is 0.600. The Morgan fingerprint density at radius 1 is 0.969 bits per heavy atom. The highest BCUT2D eigenvalue weighted by Crippen LogP contribution is 2.25. The Balaban J connectivity index is 1.15. The lowest BCUT2D eigenvalue weighted by Gasteiger charge is -2.31. The fourth-order valence-electron chi connectivity index (χ4n) is 4.23. The zero-order valence-electron chi connectivity index (χ0n) is 17.9. The van der Waals surface area contributed by atoms with Gasteiger partial charge in [0.2, 0.25) is 0 Å². The van der Waals surface area contributed by atoms with Crippen LogP contribution in [0.3, 0.4) is 0 Å². The number of rotatable bonds is 6. The topological polar surface area (TPSA) is 55.6 Å². The monoisotopic (exact) mass is 426 g/mol. The van der Waals surface area contributed by atoms with Crippen LogP contribution in [0.1, 0.15) is 18.4 Å². The lowest BCUT2D eigenvalue weighted by molar-refractivity contribution is 0.136. The number of hydrogen-bond acceptors (Lipinski definition) is 5. The number of pyridine rings is 1. The van der Waals surface area contributed by atoms with E-state index in [-0.39, 0.29) is 5.43 Å². The summed E-state index contributed by atoms with van der Waals surface area (Å²) in [6.07, 6.45) is 6.00. The van der Waals surface area contributed by atoms with E-state index in [2.05, 4.69) is 22.0 Å². The van der Waals surface area contributed by atoms with E-state index in [1.165, 1.54) is 5.56 Å². The van der Waals surface area contributed by atoms with Crippen molar-refractivity contribution in [1.29, 1.82) is 0 Å². The first-order valence-corrected chi connectivity index (χ1v) is 11.1. The molecule has 5 rings (SSSR count). The maximum Gasteiger partial charge on any atom is 0.193 e. The molecule has 0 spiro atoms. The lowest BCUT2D eigenvalue weighted by Crippen LogP contribution is -2.35. The minimum absolute atomic E-state index is 0.0301. The summed E-state index contributed by atoms with van der Waals surface area (Å²) >= 11 is 0. The summed E-state index contributed by atoms with van der Waals surface area (Å²) in [7, 11) is 0. The van der Waals surface area contributed by atoms with Crippen LogP contribution < -0.4 is 10.2 Å². The predicted octanol–water partition coefficient (Wildman–Crippen LogP) is 5.15. The van der Waals surface area contributed by atoms with Crippen LogP contribution in [0.5, 0.6) is 5.75 Å². The summed E-state index contributed by atoms with van der Waals surface area (Å²) < 4.78 is 12.0. The minimum atomic E-state index is -0.0301. The first-order valence-electron chi connectivity index (χ1n) is 11.1. The van der Waals surface area contributed by atoms with Gasteiger partial charge < -0.3 is 9.15 Å². The van der Waals surface area contributed by atoms with Gasteiger partial charge in [-0.2, -0.15) is 0 Å². The smallest absolute Gasteiger partial charge is 0.193 e. The zero-order valence-corrected chi connectivity index (χ0v) is 17.9. The van der Waals surface area contributed by atoms with Crippen molar-refractivity contribution in [1.82, 2.24) is 9.88 Å². The van der Waals surface area contributed by atoms with Gasteiger partial charge >= 0.3 is 0 Å². The minimum Gasteiger partial charge on any atom is -0.493 e. The van der Waals surface area contributed by atoms with Gasteiger partial charge in [0.1, 0.15) is 17.1 Å². The lowest BCUT2D eigenvalue weighted by atomic mass is 9.97. The highest BCUT2D eigenvalue weighted by Gasteiger charge is 2.20. The van der Waals surface area contributed by atoms with E-state index in [1.807, 2.05) is 54.9 Å². The molecular weight excluding hydrogens is 400 g/mol. The quantitative estimate of drug-likeness (QED) is 0.427. The van der Waals surface area contributed by atoms with E-state index in [0.717, 1.165) is 50.4 Å². The molecule has 2 aromatic carbocycles. The van der Waals surface area contributed by atoms with Gasteiger partial charge in [-0.05, 0) is 85.9 Å². The van der Waals surface area contributed by atoms with Crippen molar-refractivity contribution in [2.75, 3.05) is 19.7 Å². The third-order valence-electron chi connectivity index (χ3n) is 6.12. The number of fused-ring (bicyclic) bond motifs is 1. The molecule has 162 valence electrons. The molecule has 0 aliphatic carbocycles. The largest absolute Gasteiger partial charge is 0.493 e. The molecule has 2 aromatic heterocycles. The van der Waals surface area contributed by atoms with Crippen molar-refractivity contribution in [2.24, 2.45) is 5.92 Å². The number of para-hydroxylation sites is 1. The summed E-state index contributed by atoms with van der Waals surface area (Å²) in [6.45, 7) is 3.91. The SMILES string of the molecule is O=c1cc(-c2ccc(OCC3CCN(Cc4ccncc4)CC3)cc2)oc2ccccc12. The van der Waals surface area contributed by atoms with E-state index in [9.17, 15) is 4.79 Å². The van der Waals surface area contributed by atoms with E-state index in [0.29, 0.717) is 22.6 Å². The van der Waals surface area contributed by atoms with E-state index < -0.39 is 0 Å². The molecule has 1 aliphatic rings. The van der Waals surface area contributed by atoms with Crippen molar-refractivity contribution in [2.45, 2.75) is 19.4 Å². The molecule has 0 saturated carbocycles. The zero-order chi connectivity index (χ0) is 21.8. The molecule has 5 nitrogen and oxygen atoms in total. The molecule has 1 fully saturated rings. The van der Waals surface area contributed by atoms with Crippen LogP contribution in [0, 0.1) is 5.92 Å². The standard InChI is InChI=1S/C27H26N2O3/c30-25-17-27(32-26-4-2-1-3-24(25)26)22-5-7-23(8-6-22)31-19-21-11-15-29(16-12-21)18-20-9-13-28-14-10-20/h1-10,13-14,17,21H,11-12,15-16,18-19H2. The summed E-state index contributed by atoms with van der Waals surface area (Å²) in [4.78, 5) is 18.9. The molecule has 4 aromatic rings. The molecule has 0 unspecified atom stereocenters. The van der Waals surface area contributed by atoms with Crippen molar-refractivity contribution < 1.29 is 9.15 Å². The number of piperidine rings is 1. The Hall–Kier alpha value is -3.44. The summed E-state index contributed by atoms with van der Waals surface area (Å²) in [6, 6.07) is 20.8. The number of benzene rings is 2. The molecule has 0 bridgehead atoms. The number of hydrogen-bond donors (Lipinski definition) is 0. The van der Waals surface area contributed by atoms with E-state index >= 15 is 0 Å². The van der Waals surface area contributed by atoms with Crippen LogP contribution in [0.15, 0.2) is 88.3 Å². The number of nitrogens with zero attached hydrogens (tertiary/aromatic N) is 2. The molecule has 0 N–H and O–H groups in total. The Bertz CT molecular complexity index is 1230. The average Bonchev–Trinajstić information content (AvgIpc) is 2.85. The van der Waals surface area contributed by atoms with Gasteiger partial charge in [0.15, 0.2) is 5.43 Å². The molecule has 1 aliphatic heterocycles. The highest BCUT2D eigenvalue weighted by atomic mass is 16.5. The maximum absolute atomic E-state index is 12.4. The van der Waals surface area contributed by atoms with Crippen molar-refractivity contribution in [3.05, 3.63) is 94.9 Å². The second-order valence-corrected chi connectivity index (χ2v) is 8.38. The maximum atomic E-state index is 12.4. The first kappa shape index (κ1) is 20.5. The summed E-state index contributed by atoms with van der Waals surface area (Å²) in [5.74, 6) is 1.99. The molecule has 0 atom stereocenters. The van der Waals surface area contributed by atoms with Crippen LogP contribution >= 0.6 is 0 Å². The Labute approximate surface area is 187 Å². The second kappa shape index (κ2) is 9.37. The van der Waals surface area contributed by atoms with Gasteiger partial charge in [-0.25, -0.2) is 0 Å². The van der Waals surface area contributed by atoms with Crippen LogP contribution in [-0.2, 0) is 6.54 Å². The Kier molecular flexibility index (Phi) is 5.99. The van der Waals surface area contributed by atoms with Crippen LogP contribution in [-0.4, -0.2) is 29.6 Å². The second-order valence-electron chi connectivity index (χ2n) is 8.38. The third-order valence-corrected chi connectivity index (χ3v) is 6.12. The van der Waals surface area contributed by atoms with Crippen molar-refractivity contribution in [3.8, 4) is 17.1 Å². The van der Waals surface area contributed by atoms with Crippen molar-refractivity contribution in [3.63, 3.8) is 0 Å². The van der Waals surface area contributed by atoms with Crippen LogP contribution in [0.25, 0.3) is 22.3 Å². The number of aromatic nitrogens is 1. The molecule has 1 saturated heterocycles. The highest BCUT2D eigenvalue weighted by molar-refractivity contribution is 5.78. The predicted molar refractivity (Wildman–Crippen MR) is 126 cm³/mol.